The number of hydrogen-bond acceptors (Lipinski definition) is 2. The van der Waals surface area contributed by atoms with Crippen LogP contribution in [-0.2, 0) is 7.05 Å². The van der Waals surface area contributed by atoms with Crippen LogP contribution in [0, 0.1) is 0 Å². The van der Waals surface area contributed by atoms with Crippen LogP contribution in [0.4, 0.5) is 11.4 Å². The van der Waals surface area contributed by atoms with Gasteiger partial charge in [-0.15, -0.1) is 0 Å². The summed E-state index contributed by atoms with van der Waals surface area (Å²) in [5.74, 6) is 0. The van der Waals surface area contributed by atoms with Gasteiger partial charge in [-0.3, -0.25) is 0 Å². The highest BCUT2D eigenvalue weighted by Crippen LogP contribution is 2.26. The van der Waals surface area contributed by atoms with E-state index in [4.69, 9.17) is 11.5 Å². The van der Waals surface area contributed by atoms with Gasteiger partial charge in [0.1, 0.15) is 0 Å². The van der Waals surface area contributed by atoms with Crippen molar-refractivity contribution in [2.75, 3.05) is 11.5 Å². The molecule has 2 aromatic rings. The van der Waals surface area contributed by atoms with E-state index in [1.807, 2.05) is 48.3 Å². The highest BCUT2D eigenvalue weighted by Gasteiger charge is 2.03. The van der Waals surface area contributed by atoms with E-state index >= 15 is 0 Å². The number of benzene rings is 1. The van der Waals surface area contributed by atoms with Gasteiger partial charge in [-0.2, -0.15) is 0 Å². The fourth-order valence-electron chi connectivity index (χ4n) is 1.51. The van der Waals surface area contributed by atoms with E-state index < -0.39 is 0 Å². The lowest BCUT2D eigenvalue weighted by atomic mass is 10.1. The van der Waals surface area contributed by atoms with Gasteiger partial charge in [0, 0.05) is 30.7 Å². The highest BCUT2D eigenvalue weighted by molar-refractivity contribution is 5.76. The molecule has 1 heterocycles. The van der Waals surface area contributed by atoms with Crippen LogP contribution in [-0.4, -0.2) is 4.57 Å². The maximum Gasteiger partial charge on any atom is 0.0573 e. The van der Waals surface area contributed by atoms with Gasteiger partial charge in [0.15, 0.2) is 0 Å². The molecule has 0 saturated heterocycles. The first kappa shape index (κ1) is 8.69. The molecule has 14 heavy (non-hydrogen) atoms. The maximum atomic E-state index is 5.86. The molecule has 0 spiro atoms. The van der Waals surface area contributed by atoms with Crippen LogP contribution in [0.3, 0.4) is 0 Å². The molecule has 0 saturated carbocycles. The molecule has 4 N–H and O–H groups in total. The summed E-state index contributed by atoms with van der Waals surface area (Å²) in [7, 11) is 1.96. The van der Waals surface area contributed by atoms with E-state index in [1.165, 1.54) is 0 Å². The van der Waals surface area contributed by atoms with Gasteiger partial charge in [-0.25, -0.2) is 0 Å². The Kier molecular flexibility index (Phi) is 1.93. The summed E-state index contributed by atoms with van der Waals surface area (Å²) < 4.78 is 1.95. The van der Waals surface area contributed by atoms with Crippen LogP contribution in [0.15, 0.2) is 36.7 Å². The predicted octanol–water partition coefficient (Wildman–Crippen LogP) is 1.86. The van der Waals surface area contributed by atoms with Crippen molar-refractivity contribution in [1.82, 2.24) is 4.57 Å². The summed E-state index contributed by atoms with van der Waals surface area (Å²) in [5, 5.41) is 0. The first-order valence-corrected chi connectivity index (χ1v) is 4.44. The van der Waals surface area contributed by atoms with Gasteiger partial charge in [0.2, 0.25) is 0 Å². The van der Waals surface area contributed by atoms with Crippen molar-refractivity contribution in [2.45, 2.75) is 0 Å². The average molecular weight is 187 g/mol. The van der Waals surface area contributed by atoms with Crippen LogP contribution in [0.5, 0.6) is 0 Å². The topological polar surface area (TPSA) is 57.0 Å². The van der Waals surface area contributed by atoms with Gasteiger partial charge >= 0.3 is 0 Å². The standard InChI is InChI=1S/C11H13N3/c1-14-6-10(11(13)7-14)8-2-4-9(12)5-3-8/h2-7H,12-13H2,1H3. The monoisotopic (exact) mass is 187 g/mol. The average Bonchev–Trinajstić information content (AvgIpc) is 2.47. The van der Waals surface area contributed by atoms with Crippen LogP contribution in [0.25, 0.3) is 11.1 Å². The summed E-state index contributed by atoms with van der Waals surface area (Å²) in [5.41, 5.74) is 15.2. The second-order valence-electron chi connectivity index (χ2n) is 3.41. The third-order valence-electron chi connectivity index (χ3n) is 2.21. The predicted molar refractivity (Wildman–Crippen MR) is 59.7 cm³/mol. The number of aromatic nitrogens is 1. The fourth-order valence-corrected chi connectivity index (χ4v) is 1.51. The fraction of sp³-hybridized carbons (Fsp3) is 0.0909. The number of anilines is 2. The smallest absolute Gasteiger partial charge is 0.0573 e. The molecule has 0 aliphatic rings. The summed E-state index contributed by atoms with van der Waals surface area (Å²) >= 11 is 0. The molecule has 0 radical (unpaired) electrons. The molecule has 1 aromatic heterocycles. The van der Waals surface area contributed by atoms with E-state index in [2.05, 4.69) is 0 Å². The number of rotatable bonds is 1. The van der Waals surface area contributed by atoms with Crippen molar-refractivity contribution in [3.8, 4) is 11.1 Å². The number of nitrogen functional groups attached to an aromatic ring is 2. The SMILES string of the molecule is Cn1cc(N)c(-c2ccc(N)cc2)c1. The highest BCUT2D eigenvalue weighted by atomic mass is 14.9. The second kappa shape index (κ2) is 3.10. The van der Waals surface area contributed by atoms with Gasteiger partial charge in [0.25, 0.3) is 0 Å². The molecular formula is C11H13N3. The zero-order valence-corrected chi connectivity index (χ0v) is 8.07. The Balaban J connectivity index is 2.49. The second-order valence-corrected chi connectivity index (χ2v) is 3.41. The summed E-state index contributed by atoms with van der Waals surface area (Å²) in [4.78, 5) is 0. The first-order chi connectivity index (χ1) is 6.66. The van der Waals surface area contributed by atoms with E-state index in [1.54, 1.807) is 0 Å². The molecule has 2 rings (SSSR count). The van der Waals surface area contributed by atoms with E-state index in [-0.39, 0.29) is 0 Å². The number of nitrogens with two attached hydrogens (primary N) is 2. The van der Waals surface area contributed by atoms with Gasteiger partial charge < -0.3 is 16.0 Å². The molecule has 0 aliphatic carbocycles. The summed E-state index contributed by atoms with van der Waals surface area (Å²) in [6, 6.07) is 7.70. The zero-order chi connectivity index (χ0) is 10.1. The molecule has 0 aliphatic heterocycles. The van der Waals surface area contributed by atoms with Gasteiger partial charge in [-0.1, -0.05) is 12.1 Å². The Morgan fingerprint density at radius 3 is 2.14 bits per heavy atom. The summed E-state index contributed by atoms with van der Waals surface area (Å²) in [6.45, 7) is 0. The van der Waals surface area contributed by atoms with Crippen molar-refractivity contribution in [3.05, 3.63) is 36.7 Å². The molecule has 3 heteroatoms. The van der Waals surface area contributed by atoms with Crippen molar-refractivity contribution >= 4 is 11.4 Å². The quantitative estimate of drug-likeness (QED) is 0.669. The number of hydrogen-bond donors (Lipinski definition) is 2. The molecule has 1 aromatic carbocycles. The Bertz CT molecular complexity index is 440. The van der Waals surface area contributed by atoms with Crippen LogP contribution in [0.2, 0.25) is 0 Å². The molecule has 0 fully saturated rings. The molecule has 0 bridgehead atoms. The van der Waals surface area contributed by atoms with Crippen molar-refractivity contribution in [1.29, 1.82) is 0 Å². The third-order valence-corrected chi connectivity index (χ3v) is 2.21. The Morgan fingerprint density at radius 2 is 1.64 bits per heavy atom. The Labute approximate surface area is 83.0 Å². The van der Waals surface area contributed by atoms with Crippen LogP contribution >= 0.6 is 0 Å². The van der Waals surface area contributed by atoms with Crippen molar-refractivity contribution < 1.29 is 0 Å². The third kappa shape index (κ3) is 1.44. The van der Waals surface area contributed by atoms with E-state index in [0.717, 1.165) is 22.5 Å². The van der Waals surface area contributed by atoms with Crippen molar-refractivity contribution in [3.63, 3.8) is 0 Å². The minimum Gasteiger partial charge on any atom is -0.399 e. The number of aryl methyl sites for hydroxylation is 1. The zero-order valence-electron chi connectivity index (χ0n) is 8.07. The molecule has 3 nitrogen and oxygen atoms in total. The van der Waals surface area contributed by atoms with Crippen LogP contribution < -0.4 is 11.5 Å². The molecule has 0 amide bonds. The molecule has 0 unspecified atom stereocenters. The van der Waals surface area contributed by atoms with Crippen LogP contribution in [0.1, 0.15) is 0 Å². The number of nitrogens with zero attached hydrogens (tertiary/aromatic N) is 1. The lowest BCUT2D eigenvalue weighted by Gasteiger charge is -2.00. The Morgan fingerprint density at radius 1 is 1.00 bits per heavy atom. The lowest BCUT2D eigenvalue weighted by molar-refractivity contribution is 0.929. The Hall–Kier alpha value is -1.90. The van der Waals surface area contributed by atoms with Gasteiger partial charge in [0.05, 0.1) is 5.69 Å². The van der Waals surface area contributed by atoms with Gasteiger partial charge in [-0.05, 0) is 17.7 Å². The molecule has 0 atom stereocenters. The van der Waals surface area contributed by atoms with E-state index in [9.17, 15) is 0 Å². The minimum absolute atomic E-state index is 0.767. The lowest BCUT2D eigenvalue weighted by Crippen LogP contribution is -1.86. The summed E-state index contributed by atoms with van der Waals surface area (Å²) in [6.07, 6.45) is 3.90. The van der Waals surface area contributed by atoms with E-state index in [0.29, 0.717) is 0 Å². The largest absolute Gasteiger partial charge is 0.399 e. The van der Waals surface area contributed by atoms with Crippen molar-refractivity contribution in [2.24, 2.45) is 7.05 Å². The molecular weight excluding hydrogens is 174 g/mol. The normalized spacial score (nSPS) is 10.4. The maximum absolute atomic E-state index is 5.86. The minimum atomic E-state index is 0.767. The first-order valence-electron chi connectivity index (χ1n) is 4.44. The molecule has 72 valence electrons.